The molecule has 6 nitrogen and oxygen atoms in total. The molecule has 0 aliphatic heterocycles. The lowest BCUT2D eigenvalue weighted by molar-refractivity contribution is 0.556. The second kappa shape index (κ2) is 5.01. The molecule has 0 bridgehead atoms. The van der Waals surface area contributed by atoms with Gasteiger partial charge < -0.3 is 15.1 Å². The van der Waals surface area contributed by atoms with Gasteiger partial charge in [-0.05, 0) is 19.1 Å². The van der Waals surface area contributed by atoms with Crippen LogP contribution in [0.25, 0.3) is 11.1 Å². The summed E-state index contributed by atoms with van der Waals surface area (Å²) in [6, 6.07) is 6.78. The predicted octanol–water partition coefficient (Wildman–Crippen LogP) is 2.09. The molecule has 0 unspecified atom stereocenters. The molecule has 0 fully saturated rings. The third kappa shape index (κ3) is 2.67. The minimum absolute atomic E-state index is 0.162. The monoisotopic (exact) mass is 288 g/mol. The molecule has 20 heavy (non-hydrogen) atoms. The van der Waals surface area contributed by atoms with E-state index in [0.717, 1.165) is 5.52 Å². The standard InChI is InChI=1S/C13H12N4O2S/c1-7-4-11(18)17-13(15-7)20-6-12-16-9-3-2-8(14)5-10(9)19-12/h2-5H,6,14H2,1H3,(H,15,17,18). The van der Waals surface area contributed by atoms with Crippen molar-refractivity contribution in [3.63, 3.8) is 0 Å². The van der Waals surface area contributed by atoms with Gasteiger partial charge in [0.15, 0.2) is 10.7 Å². The Morgan fingerprint density at radius 2 is 2.20 bits per heavy atom. The molecule has 0 radical (unpaired) electrons. The number of benzene rings is 1. The van der Waals surface area contributed by atoms with E-state index < -0.39 is 0 Å². The number of nitrogens with zero attached hydrogens (tertiary/aromatic N) is 2. The van der Waals surface area contributed by atoms with Crippen LogP contribution in [0.15, 0.2) is 38.6 Å². The third-order valence-corrected chi connectivity index (χ3v) is 3.50. The number of nitrogens with one attached hydrogen (secondary N) is 1. The number of aromatic amines is 1. The van der Waals surface area contributed by atoms with Crippen LogP contribution in [0.1, 0.15) is 11.6 Å². The molecule has 1 aromatic carbocycles. The average Bonchev–Trinajstić information content (AvgIpc) is 2.77. The topological polar surface area (TPSA) is 97.8 Å². The van der Waals surface area contributed by atoms with Crippen LogP contribution in [-0.2, 0) is 5.75 Å². The summed E-state index contributed by atoms with van der Waals surface area (Å²) in [7, 11) is 0. The largest absolute Gasteiger partial charge is 0.440 e. The molecule has 0 atom stereocenters. The zero-order valence-corrected chi connectivity index (χ0v) is 11.5. The van der Waals surface area contributed by atoms with Gasteiger partial charge in [-0.3, -0.25) is 4.79 Å². The Hall–Kier alpha value is -2.28. The Bertz CT molecular complexity index is 825. The fraction of sp³-hybridized carbons (Fsp3) is 0.154. The summed E-state index contributed by atoms with van der Waals surface area (Å²) in [6.45, 7) is 1.78. The van der Waals surface area contributed by atoms with Crippen molar-refractivity contribution in [2.75, 3.05) is 5.73 Å². The Morgan fingerprint density at radius 1 is 1.35 bits per heavy atom. The molecule has 7 heteroatoms. The van der Waals surface area contributed by atoms with Gasteiger partial charge in [0.05, 0.1) is 5.75 Å². The van der Waals surface area contributed by atoms with E-state index in [4.69, 9.17) is 10.2 Å². The third-order valence-electron chi connectivity index (χ3n) is 2.64. The first kappa shape index (κ1) is 12.7. The van der Waals surface area contributed by atoms with Crippen LogP contribution in [0.5, 0.6) is 0 Å². The molecule has 0 aliphatic rings. The molecule has 3 rings (SSSR count). The highest BCUT2D eigenvalue weighted by Crippen LogP contribution is 2.23. The van der Waals surface area contributed by atoms with E-state index >= 15 is 0 Å². The maximum absolute atomic E-state index is 11.3. The highest BCUT2D eigenvalue weighted by molar-refractivity contribution is 7.98. The number of rotatable bonds is 3. The Labute approximate surface area is 118 Å². The van der Waals surface area contributed by atoms with Crippen molar-refractivity contribution in [3.05, 3.63) is 46.2 Å². The summed E-state index contributed by atoms with van der Waals surface area (Å²) in [5.74, 6) is 1.06. The number of thioether (sulfide) groups is 1. The maximum atomic E-state index is 11.3. The molecule has 2 heterocycles. The number of hydrogen-bond acceptors (Lipinski definition) is 6. The van der Waals surface area contributed by atoms with Gasteiger partial charge in [0, 0.05) is 23.5 Å². The lowest BCUT2D eigenvalue weighted by atomic mass is 10.3. The summed E-state index contributed by atoms with van der Waals surface area (Å²) in [6.07, 6.45) is 0. The molecule has 3 N–H and O–H groups in total. The van der Waals surface area contributed by atoms with Gasteiger partial charge in [0.1, 0.15) is 5.52 Å². The van der Waals surface area contributed by atoms with Crippen LogP contribution in [0.2, 0.25) is 0 Å². The van der Waals surface area contributed by atoms with E-state index in [9.17, 15) is 4.79 Å². The first-order valence-electron chi connectivity index (χ1n) is 5.96. The van der Waals surface area contributed by atoms with Crippen molar-refractivity contribution in [1.82, 2.24) is 15.0 Å². The van der Waals surface area contributed by atoms with Crippen molar-refractivity contribution in [2.24, 2.45) is 0 Å². The Kier molecular flexibility index (Phi) is 3.19. The number of H-pyrrole nitrogens is 1. The summed E-state index contributed by atoms with van der Waals surface area (Å²) in [4.78, 5) is 22.6. The van der Waals surface area contributed by atoms with Gasteiger partial charge in [0.25, 0.3) is 5.56 Å². The molecule has 2 aromatic heterocycles. The Balaban J connectivity index is 1.81. The first-order chi connectivity index (χ1) is 9.60. The highest BCUT2D eigenvalue weighted by atomic mass is 32.2. The van der Waals surface area contributed by atoms with E-state index in [1.807, 2.05) is 6.07 Å². The van der Waals surface area contributed by atoms with E-state index in [0.29, 0.717) is 33.8 Å². The van der Waals surface area contributed by atoms with Crippen molar-refractivity contribution >= 4 is 28.5 Å². The van der Waals surface area contributed by atoms with Crippen LogP contribution < -0.4 is 11.3 Å². The fourth-order valence-electron chi connectivity index (χ4n) is 1.80. The number of nitrogen functional groups attached to an aromatic ring is 1. The zero-order chi connectivity index (χ0) is 14.1. The molecule has 0 saturated carbocycles. The molecule has 0 aliphatic carbocycles. The Morgan fingerprint density at radius 3 is 3.00 bits per heavy atom. The van der Waals surface area contributed by atoms with Crippen molar-refractivity contribution < 1.29 is 4.42 Å². The van der Waals surface area contributed by atoms with Gasteiger partial charge >= 0.3 is 0 Å². The number of aromatic nitrogens is 3. The molecule has 0 spiro atoms. The van der Waals surface area contributed by atoms with Crippen molar-refractivity contribution in [1.29, 1.82) is 0 Å². The van der Waals surface area contributed by atoms with Crippen LogP contribution in [0.4, 0.5) is 5.69 Å². The van der Waals surface area contributed by atoms with Crippen molar-refractivity contribution in [3.8, 4) is 0 Å². The van der Waals surface area contributed by atoms with Crippen LogP contribution in [-0.4, -0.2) is 15.0 Å². The highest BCUT2D eigenvalue weighted by Gasteiger charge is 2.08. The zero-order valence-electron chi connectivity index (χ0n) is 10.7. The van der Waals surface area contributed by atoms with Gasteiger partial charge in [-0.2, -0.15) is 0 Å². The lowest BCUT2D eigenvalue weighted by Gasteiger charge is -1.98. The van der Waals surface area contributed by atoms with E-state index in [-0.39, 0.29) is 5.56 Å². The first-order valence-corrected chi connectivity index (χ1v) is 6.94. The number of fused-ring (bicyclic) bond motifs is 1. The van der Waals surface area contributed by atoms with E-state index in [2.05, 4.69) is 15.0 Å². The quantitative estimate of drug-likeness (QED) is 0.435. The summed E-state index contributed by atoms with van der Waals surface area (Å²) in [5, 5.41) is 0.553. The molecule has 102 valence electrons. The number of aryl methyl sites for hydroxylation is 1. The molecule has 0 saturated heterocycles. The lowest BCUT2D eigenvalue weighted by Crippen LogP contribution is -2.08. The number of nitrogens with two attached hydrogens (primary N) is 1. The van der Waals surface area contributed by atoms with E-state index in [1.54, 1.807) is 19.1 Å². The number of hydrogen-bond donors (Lipinski definition) is 2. The normalized spacial score (nSPS) is 11.1. The summed E-state index contributed by atoms with van der Waals surface area (Å²) in [5.41, 5.74) is 8.27. The number of anilines is 1. The second-order valence-electron chi connectivity index (χ2n) is 4.32. The van der Waals surface area contributed by atoms with Crippen LogP contribution in [0, 0.1) is 6.92 Å². The van der Waals surface area contributed by atoms with Crippen molar-refractivity contribution in [2.45, 2.75) is 17.8 Å². The second-order valence-corrected chi connectivity index (χ2v) is 5.28. The van der Waals surface area contributed by atoms with Gasteiger partial charge in [-0.15, -0.1) is 0 Å². The smallest absolute Gasteiger partial charge is 0.251 e. The maximum Gasteiger partial charge on any atom is 0.251 e. The molecular weight excluding hydrogens is 276 g/mol. The molecule has 3 aromatic rings. The average molecular weight is 288 g/mol. The van der Waals surface area contributed by atoms with E-state index in [1.165, 1.54) is 17.8 Å². The fourth-order valence-corrected chi connectivity index (χ4v) is 2.57. The number of oxazole rings is 1. The van der Waals surface area contributed by atoms with Gasteiger partial charge in [-0.1, -0.05) is 11.8 Å². The van der Waals surface area contributed by atoms with Gasteiger partial charge in [0.2, 0.25) is 5.89 Å². The molecular formula is C13H12N4O2S. The van der Waals surface area contributed by atoms with Crippen LogP contribution >= 0.6 is 11.8 Å². The summed E-state index contributed by atoms with van der Waals surface area (Å²) >= 11 is 1.37. The predicted molar refractivity (Wildman–Crippen MR) is 77.6 cm³/mol. The van der Waals surface area contributed by atoms with Crippen LogP contribution in [0.3, 0.4) is 0 Å². The minimum Gasteiger partial charge on any atom is -0.440 e. The summed E-state index contributed by atoms with van der Waals surface area (Å²) < 4.78 is 5.60. The van der Waals surface area contributed by atoms with Gasteiger partial charge in [-0.25, -0.2) is 9.97 Å². The molecule has 0 amide bonds. The minimum atomic E-state index is -0.162. The SMILES string of the molecule is Cc1cc(=O)[nH]c(SCc2nc3ccc(N)cc3o2)n1.